The summed E-state index contributed by atoms with van der Waals surface area (Å²) in [6.45, 7) is 3.60. The van der Waals surface area contributed by atoms with Crippen molar-refractivity contribution >= 4 is 18.0 Å². The standard InChI is InChI=1S/C15H19NO4/c1-3-13(18)12-7-5-11(6-8-12)9-15(16,10-17)14(19)20-4-2/h5-8,10H,3-4,9,16H2,1-2H3. The Kier molecular flexibility index (Phi) is 5.58. The lowest BCUT2D eigenvalue weighted by Crippen LogP contribution is -2.52. The Labute approximate surface area is 118 Å². The highest BCUT2D eigenvalue weighted by molar-refractivity contribution is 5.98. The number of esters is 1. The molecule has 1 rings (SSSR count). The van der Waals surface area contributed by atoms with Crippen molar-refractivity contribution < 1.29 is 19.1 Å². The van der Waals surface area contributed by atoms with Crippen LogP contribution in [0.15, 0.2) is 24.3 Å². The Morgan fingerprint density at radius 1 is 1.25 bits per heavy atom. The first-order chi connectivity index (χ1) is 9.46. The molecule has 0 heterocycles. The van der Waals surface area contributed by atoms with E-state index in [1.807, 2.05) is 0 Å². The van der Waals surface area contributed by atoms with Crippen LogP contribution in [0.5, 0.6) is 0 Å². The molecule has 0 aliphatic carbocycles. The number of Topliss-reactive ketones (excluding diaryl/α,β-unsaturated/α-hetero) is 1. The van der Waals surface area contributed by atoms with Crippen LogP contribution in [0, 0.1) is 0 Å². The third kappa shape index (κ3) is 3.74. The maximum atomic E-state index is 11.7. The summed E-state index contributed by atoms with van der Waals surface area (Å²) in [5.74, 6) is -0.708. The average Bonchev–Trinajstić information content (AvgIpc) is 2.47. The van der Waals surface area contributed by atoms with E-state index in [1.54, 1.807) is 38.1 Å². The zero-order chi connectivity index (χ0) is 15.2. The predicted molar refractivity (Wildman–Crippen MR) is 74.4 cm³/mol. The maximum Gasteiger partial charge on any atom is 0.333 e. The summed E-state index contributed by atoms with van der Waals surface area (Å²) in [4.78, 5) is 34.3. The van der Waals surface area contributed by atoms with Crippen LogP contribution >= 0.6 is 0 Å². The van der Waals surface area contributed by atoms with Gasteiger partial charge in [-0.05, 0) is 12.5 Å². The Balaban J connectivity index is 2.88. The number of carbonyl (C=O) groups is 3. The molecular formula is C15H19NO4. The van der Waals surface area contributed by atoms with Gasteiger partial charge in [-0.15, -0.1) is 0 Å². The quantitative estimate of drug-likeness (QED) is 0.351. The average molecular weight is 277 g/mol. The normalized spacial score (nSPS) is 13.3. The molecule has 0 aliphatic heterocycles. The first-order valence-corrected chi connectivity index (χ1v) is 6.51. The van der Waals surface area contributed by atoms with Gasteiger partial charge in [0, 0.05) is 18.4 Å². The first kappa shape index (κ1) is 16.0. The van der Waals surface area contributed by atoms with Crippen molar-refractivity contribution in [2.45, 2.75) is 32.2 Å². The number of ether oxygens (including phenoxy) is 1. The molecule has 0 amide bonds. The van der Waals surface area contributed by atoms with Gasteiger partial charge in [0.05, 0.1) is 6.61 Å². The van der Waals surface area contributed by atoms with Gasteiger partial charge in [-0.1, -0.05) is 31.2 Å². The van der Waals surface area contributed by atoms with Crippen LogP contribution in [0.4, 0.5) is 0 Å². The van der Waals surface area contributed by atoms with E-state index >= 15 is 0 Å². The van der Waals surface area contributed by atoms with Gasteiger partial charge in [-0.25, -0.2) is 4.79 Å². The predicted octanol–water partition coefficient (Wildman–Crippen LogP) is 1.28. The van der Waals surface area contributed by atoms with Crippen LogP contribution in [-0.2, 0) is 20.7 Å². The molecule has 0 radical (unpaired) electrons. The highest BCUT2D eigenvalue weighted by atomic mass is 16.5. The second kappa shape index (κ2) is 6.96. The number of rotatable bonds is 7. The van der Waals surface area contributed by atoms with Crippen LogP contribution in [0.1, 0.15) is 36.2 Å². The van der Waals surface area contributed by atoms with Gasteiger partial charge >= 0.3 is 5.97 Å². The monoisotopic (exact) mass is 277 g/mol. The fraction of sp³-hybridized carbons (Fsp3) is 0.400. The van der Waals surface area contributed by atoms with E-state index in [1.165, 1.54) is 0 Å². The molecule has 0 bridgehead atoms. The van der Waals surface area contributed by atoms with Crippen LogP contribution in [0.3, 0.4) is 0 Å². The lowest BCUT2D eigenvalue weighted by atomic mass is 9.92. The Hall–Kier alpha value is -2.01. The molecular weight excluding hydrogens is 258 g/mol. The molecule has 1 aromatic carbocycles. The van der Waals surface area contributed by atoms with E-state index < -0.39 is 11.5 Å². The molecule has 5 nitrogen and oxygen atoms in total. The van der Waals surface area contributed by atoms with Crippen molar-refractivity contribution in [1.29, 1.82) is 0 Å². The van der Waals surface area contributed by atoms with Gasteiger partial charge < -0.3 is 15.3 Å². The number of benzene rings is 1. The van der Waals surface area contributed by atoms with Gasteiger partial charge in [-0.3, -0.25) is 4.79 Å². The first-order valence-electron chi connectivity index (χ1n) is 6.51. The Morgan fingerprint density at radius 3 is 2.30 bits per heavy atom. The number of hydrogen-bond acceptors (Lipinski definition) is 5. The van der Waals surface area contributed by atoms with E-state index in [0.717, 1.165) is 0 Å². The van der Waals surface area contributed by atoms with Crippen LogP contribution in [0.25, 0.3) is 0 Å². The van der Waals surface area contributed by atoms with Crippen molar-refractivity contribution in [1.82, 2.24) is 0 Å². The van der Waals surface area contributed by atoms with Gasteiger partial charge in [-0.2, -0.15) is 0 Å². The second-order valence-corrected chi connectivity index (χ2v) is 4.53. The summed E-state index contributed by atoms with van der Waals surface area (Å²) in [6.07, 6.45) is 0.864. The molecule has 0 saturated heterocycles. The van der Waals surface area contributed by atoms with Crippen molar-refractivity contribution in [3.63, 3.8) is 0 Å². The maximum absolute atomic E-state index is 11.7. The molecule has 20 heavy (non-hydrogen) atoms. The molecule has 1 atom stereocenters. The molecule has 1 aromatic rings. The lowest BCUT2D eigenvalue weighted by molar-refractivity contribution is -0.151. The largest absolute Gasteiger partial charge is 0.464 e. The summed E-state index contributed by atoms with van der Waals surface area (Å²) >= 11 is 0. The summed E-state index contributed by atoms with van der Waals surface area (Å²) in [7, 11) is 0. The second-order valence-electron chi connectivity index (χ2n) is 4.53. The minimum atomic E-state index is -1.69. The number of ketones is 1. The van der Waals surface area contributed by atoms with Crippen molar-refractivity contribution in [2.75, 3.05) is 6.61 Å². The van der Waals surface area contributed by atoms with E-state index in [9.17, 15) is 14.4 Å². The molecule has 2 N–H and O–H groups in total. The molecule has 5 heteroatoms. The zero-order valence-electron chi connectivity index (χ0n) is 11.7. The molecule has 108 valence electrons. The van der Waals surface area contributed by atoms with E-state index in [4.69, 9.17) is 10.5 Å². The molecule has 0 aromatic heterocycles. The van der Waals surface area contributed by atoms with Crippen molar-refractivity contribution in [3.05, 3.63) is 35.4 Å². The molecule has 0 fully saturated rings. The number of carbonyl (C=O) groups excluding carboxylic acids is 3. The smallest absolute Gasteiger partial charge is 0.333 e. The molecule has 0 aliphatic rings. The highest BCUT2D eigenvalue weighted by Crippen LogP contribution is 2.13. The van der Waals surface area contributed by atoms with Crippen LogP contribution in [0.2, 0.25) is 0 Å². The third-order valence-corrected chi connectivity index (χ3v) is 2.96. The topological polar surface area (TPSA) is 86.5 Å². The van der Waals surface area contributed by atoms with E-state index in [0.29, 0.717) is 23.8 Å². The minimum Gasteiger partial charge on any atom is -0.464 e. The Bertz CT molecular complexity index is 495. The van der Waals surface area contributed by atoms with Gasteiger partial charge in [0.1, 0.15) is 0 Å². The SMILES string of the molecule is CCOC(=O)C(N)(C=O)Cc1ccc(C(=O)CC)cc1. The van der Waals surface area contributed by atoms with E-state index in [-0.39, 0.29) is 18.8 Å². The Morgan fingerprint density at radius 2 is 1.85 bits per heavy atom. The molecule has 0 saturated carbocycles. The van der Waals surface area contributed by atoms with Crippen molar-refractivity contribution in [2.24, 2.45) is 5.73 Å². The fourth-order valence-electron chi connectivity index (χ4n) is 1.78. The molecule has 1 unspecified atom stereocenters. The van der Waals surface area contributed by atoms with Gasteiger partial charge in [0.25, 0.3) is 0 Å². The summed E-state index contributed by atoms with van der Waals surface area (Å²) in [6, 6.07) is 6.70. The summed E-state index contributed by atoms with van der Waals surface area (Å²) in [5, 5.41) is 0. The minimum absolute atomic E-state index is 0.0376. The van der Waals surface area contributed by atoms with Crippen molar-refractivity contribution in [3.8, 4) is 0 Å². The van der Waals surface area contributed by atoms with Crippen LogP contribution < -0.4 is 5.73 Å². The summed E-state index contributed by atoms with van der Waals surface area (Å²) in [5.41, 5.74) is 5.38. The lowest BCUT2D eigenvalue weighted by Gasteiger charge is -2.20. The van der Waals surface area contributed by atoms with Crippen LogP contribution in [-0.4, -0.2) is 30.2 Å². The molecule has 0 spiro atoms. The fourth-order valence-corrected chi connectivity index (χ4v) is 1.78. The number of nitrogens with two attached hydrogens (primary N) is 1. The zero-order valence-corrected chi connectivity index (χ0v) is 11.7. The summed E-state index contributed by atoms with van der Waals surface area (Å²) < 4.78 is 4.80. The van der Waals surface area contributed by atoms with Gasteiger partial charge in [0.2, 0.25) is 0 Å². The van der Waals surface area contributed by atoms with E-state index in [2.05, 4.69) is 0 Å². The number of aldehydes is 1. The number of hydrogen-bond donors (Lipinski definition) is 1. The highest BCUT2D eigenvalue weighted by Gasteiger charge is 2.35. The van der Waals surface area contributed by atoms with Gasteiger partial charge in [0.15, 0.2) is 17.6 Å². The third-order valence-electron chi connectivity index (χ3n) is 2.96.